The van der Waals surface area contributed by atoms with Gasteiger partial charge in [-0.15, -0.1) is 0 Å². The quantitative estimate of drug-likeness (QED) is 0.143. The van der Waals surface area contributed by atoms with Gasteiger partial charge in [0.05, 0.1) is 26.4 Å². The second-order valence-corrected chi connectivity index (χ2v) is 12.3. The van der Waals surface area contributed by atoms with Gasteiger partial charge in [-0.2, -0.15) is 0 Å². The minimum Gasteiger partial charge on any atom is -0.469 e. The molecule has 46 heavy (non-hydrogen) atoms. The molecule has 244 valence electrons. The molecule has 0 fully saturated rings. The molecular weight excluding hydrogens is 670 g/mol. The molecule has 0 heterocycles. The highest BCUT2D eigenvalue weighted by atomic mass is 35.5. The molecule has 0 aliphatic carbocycles. The zero-order chi connectivity index (χ0) is 33.6. The van der Waals surface area contributed by atoms with E-state index in [1.807, 2.05) is 36.4 Å². The third-order valence-corrected chi connectivity index (χ3v) is 8.49. The number of benzene rings is 4. The lowest BCUT2D eigenvalue weighted by atomic mass is 9.85. The van der Waals surface area contributed by atoms with Crippen LogP contribution in [0.3, 0.4) is 0 Å². The predicted molar refractivity (Wildman–Crippen MR) is 184 cm³/mol. The average molecular weight is 706 g/mol. The van der Waals surface area contributed by atoms with Crippen molar-refractivity contribution in [3.63, 3.8) is 0 Å². The maximum Gasteiger partial charge on any atom is 0.305 e. The van der Waals surface area contributed by atoms with Crippen molar-refractivity contribution in [3.8, 4) is 0 Å². The summed E-state index contributed by atoms with van der Waals surface area (Å²) in [5.41, 5.74) is 3.24. The van der Waals surface area contributed by atoms with E-state index >= 15 is 0 Å². The maximum absolute atomic E-state index is 11.5. The fourth-order valence-electron chi connectivity index (χ4n) is 5.02. The van der Waals surface area contributed by atoms with Crippen molar-refractivity contribution >= 4 is 58.3 Å². The first-order valence-electron chi connectivity index (χ1n) is 14.5. The summed E-state index contributed by atoms with van der Waals surface area (Å²) in [6.07, 6.45) is -0.185. The summed E-state index contributed by atoms with van der Waals surface area (Å²) in [5.74, 6) is -1.15. The van der Waals surface area contributed by atoms with Crippen LogP contribution in [-0.4, -0.2) is 36.4 Å². The van der Waals surface area contributed by atoms with Gasteiger partial charge in [-0.1, -0.05) is 94.9 Å². The number of aliphatic hydroxyl groups is 2. The third-order valence-electron chi connectivity index (χ3n) is 7.51. The summed E-state index contributed by atoms with van der Waals surface area (Å²) in [5, 5.41) is 23.9. The highest BCUT2D eigenvalue weighted by molar-refractivity contribution is 6.31. The molecule has 0 unspecified atom stereocenters. The number of methoxy groups -OCH3 is 2. The molecule has 4 aromatic carbocycles. The summed E-state index contributed by atoms with van der Waals surface area (Å²) < 4.78 is 9.39. The molecule has 0 spiro atoms. The predicted octanol–water partition coefficient (Wildman–Crippen LogP) is 9.53. The van der Waals surface area contributed by atoms with Crippen LogP contribution in [0.1, 0.15) is 72.0 Å². The molecular formula is C36H36Cl4O6. The van der Waals surface area contributed by atoms with Crippen molar-refractivity contribution in [2.24, 2.45) is 0 Å². The third kappa shape index (κ3) is 11.6. The van der Waals surface area contributed by atoms with Crippen molar-refractivity contribution < 1.29 is 29.3 Å². The molecule has 4 rings (SSSR count). The number of aliphatic hydroxyl groups excluding tert-OH is 2. The smallest absolute Gasteiger partial charge is 0.305 e. The van der Waals surface area contributed by atoms with Crippen LogP contribution in [0, 0.1) is 0 Å². The van der Waals surface area contributed by atoms with Gasteiger partial charge in [-0.05, 0) is 83.6 Å². The Morgan fingerprint density at radius 1 is 0.543 bits per heavy atom. The number of hydrogen-bond donors (Lipinski definition) is 2. The van der Waals surface area contributed by atoms with Crippen LogP contribution < -0.4 is 0 Å². The minimum absolute atomic E-state index is 0.221. The Balaban J connectivity index is 0.000000250. The van der Waals surface area contributed by atoms with Crippen molar-refractivity contribution in [2.75, 3.05) is 14.2 Å². The van der Waals surface area contributed by atoms with Gasteiger partial charge in [0.15, 0.2) is 0 Å². The van der Waals surface area contributed by atoms with Crippen LogP contribution in [0.4, 0.5) is 0 Å². The van der Waals surface area contributed by atoms with E-state index in [0.717, 1.165) is 22.3 Å². The molecule has 10 heteroatoms. The largest absolute Gasteiger partial charge is 0.469 e. The van der Waals surface area contributed by atoms with Crippen molar-refractivity contribution in [3.05, 3.63) is 139 Å². The maximum atomic E-state index is 11.5. The van der Waals surface area contributed by atoms with Gasteiger partial charge in [0, 0.05) is 44.8 Å². The fraction of sp³-hybridized carbons (Fsp3) is 0.278. The summed E-state index contributed by atoms with van der Waals surface area (Å²) in [7, 11) is 2.71. The van der Waals surface area contributed by atoms with E-state index in [1.54, 1.807) is 60.7 Å². The van der Waals surface area contributed by atoms with E-state index in [9.17, 15) is 19.8 Å². The van der Waals surface area contributed by atoms with Crippen LogP contribution in [0.2, 0.25) is 20.1 Å². The lowest BCUT2D eigenvalue weighted by molar-refractivity contribution is -0.141. The number of carbonyl (C=O) groups excluding carboxylic acids is 2. The van der Waals surface area contributed by atoms with Crippen LogP contribution in [0.15, 0.2) is 97.1 Å². The molecule has 0 radical (unpaired) electrons. The molecule has 6 nitrogen and oxygen atoms in total. The molecule has 0 amide bonds. The molecule has 4 atom stereocenters. The fourth-order valence-corrected chi connectivity index (χ4v) is 5.67. The molecule has 0 saturated heterocycles. The number of hydrogen-bond acceptors (Lipinski definition) is 6. The Morgan fingerprint density at radius 2 is 0.891 bits per heavy atom. The minimum atomic E-state index is -0.768. The number of rotatable bonds is 12. The second-order valence-electron chi connectivity index (χ2n) is 10.5. The first kappa shape index (κ1) is 37.4. The highest BCUT2D eigenvalue weighted by Gasteiger charge is 2.25. The van der Waals surface area contributed by atoms with E-state index in [0.29, 0.717) is 32.9 Å². The van der Waals surface area contributed by atoms with E-state index < -0.39 is 12.2 Å². The summed E-state index contributed by atoms with van der Waals surface area (Å²) in [6.45, 7) is 0. The number of carbonyl (C=O) groups is 2. The SMILES string of the molecule is COC(=O)CC[C@@H](c1cccc(Cl)c1)[C@H](O)c1ccc(Cl)cc1.COC(=O)CC[C@H](c1cccc(Cl)c1)[C@@H](O)c1ccc(Cl)cc1. The molecule has 0 aliphatic heterocycles. The van der Waals surface area contributed by atoms with Gasteiger partial charge in [-0.25, -0.2) is 0 Å². The summed E-state index contributed by atoms with van der Waals surface area (Å²) in [4.78, 5) is 22.9. The molecule has 0 saturated carbocycles. The zero-order valence-corrected chi connectivity index (χ0v) is 28.4. The average Bonchev–Trinajstić information content (AvgIpc) is 3.05. The number of halogens is 4. The number of ether oxygens (including phenoxy) is 2. The Bertz CT molecular complexity index is 1430. The van der Waals surface area contributed by atoms with Crippen LogP contribution >= 0.6 is 46.4 Å². The molecule has 4 aromatic rings. The molecule has 0 aliphatic rings. The van der Waals surface area contributed by atoms with Crippen molar-refractivity contribution in [2.45, 2.75) is 49.7 Å². The Hall–Kier alpha value is -3.10. The number of esters is 2. The van der Waals surface area contributed by atoms with Gasteiger partial charge in [0.2, 0.25) is 0 Å². The van der Waals surface area contributed by atoms with Gasteiger partial charge in [-0.3, -0.25) is 9.59 Å². The van der Waals surface area contributed by atoms with E-state index in [4.69, 9.17) is 55.9 Å². The van der Waals surface area contributed by atoms with E-state index in [-0.39, 0.29) is 36.6 Å². The van der Waals surface area contributed by atoms with Crippen LogP contribution in [0.25, 0.3) is 0 Å². The first-order chi connectivity index (χ1) is 22.0. The standard InChI is InChI=1S/2C18H18Cl2O3/c2*1-23-17(21)10-9-16(13-3-2-4-15(20)11-13)18(22)12-5-7-14(19)8-6-12/h2*2-8,11,16,18,22H,9-10H2,1H3/t2*16-,18+/m10/s1. The normalized spacial score (nSPS) is 13.4. The zero-order valence-electron chi connectivity index (χ0n) is 25.4. The van der Waals surface area contributed by atoms with E-state index in [2.05, 4.69) is 0 Å². The highest BCUT2D eigenvalue weighted by Crippen LogP contribution is 2.37. The van der Waals surface area contributed by atoms with Gasteiger partial charge < -0.3 is 19.7 Å². The molecule has 2 N–H and O–H groups in total. The van der Waals surface area contributed by atoms with Crippen LogP contribution in [-0.2, 0) is 19.1 Å². The summed E-state index contributed by atoms with van der Waals surface area (Å²) in [6, 6.07) is 28.7. The second kappa shape index (κ2) is 18.9. The van der Waals surface area contributed by atoms with Gasteiger partial charge >= 0.3 is 11.9 Å². The topological polar surface area (TPSA) is 93.1 Å². The Kier molecular flexibility index (Phi) is 15.3. The monoisotopic (exact) mass is 704 g/mol. The van der Waals surface area contributed by atoms with Crippen molar-refractivity contribution in [1.82, 2.24) is 0 Å². The van der Waals surface area contributed by atoms with Crippen molar-refractivity contribution in [1.29, 1.82) is 0 Å². The Morgan fingerprint density at radius 3 is 1.20 bits per heavy atom. The van der Waals surface area contributed by atoms with Gasteiger partial charge in [0.25, 0.3) is 0 Å². The molecule has 0 aromatic heterocycles. The lowest BCUT2D eigenvalue weighted by Gasteiger charge is -2.24. The van der Waals surface area contributed by atoms with Gasteiger partial charge in [0.1, 0.15) is 0 Å². The lowest BCUT2D eigenvalue weighted by Crippen LogP contribution is -2.13. The summed E-state index contributed by atoms with van der Waals surface area (Å²) >= 11 is 23.9. The van der Waals surface area contributed by atoms with Crippen LogP contribution in [0.5, 0.6) is 0 Å². The molecule has 0 bridgehead atoms. The van der Waals surface area contributed by atoms with E-state index in [1.165, 1.54) is 14.2 Å². The first-order valence-corrected chi connectivity index (χ1v) is 16.0. The Labute approximate surface area is 289 Å².